The summed E-state index contributed by atoms with van der Waals surface area (Å²) in [6.07, 6.45) is 0. The molecule has 0 heterocycles. The fourth-order valence-corrected chi connectivity index (χ4v) is 0.342. The molecule has 1 rings (SSSR count). The third-order valence-corrected chi connectivity index (χ3v) is 0.607. The van der Waals surface area contributed by atoms with Gasteiger partial charge in [0.25, 0.3) is 0 Å². The first kappa shape index (κ1) is 17.0. The Balaban J connectivity index is 0. The smallest absolute Gasteiger partial charge is 0.171 e. The Morgan fingerprint density at radius 1 is 1.07 bits per heavy atom. The van der Waals surface area contributed by atoms with Crippen molar-refractivity contribution in [1.29, 1.82) is 0 Å². The maximum Gasteiger partial charge on any atom is -0.171 e. The standard InChI is InChI=1S/C6H5.2ClH.H3O4P.Pd/c1-2-4-6-5-3-1;;;1-5(2,3)4;/h1-5H;2*1H;(H3,1,2,3,4);/q-1;;;;+2/p-5. The van der Waals surface area contributed by atoms with Crippen LogP contribution in [0.2, 0.25) is 0 Å². The van der Waals surface area contributed by atoms with Gasteiger partial charge in [-0.25, -0.2) is 0 Å². The van der Waals surface area contributed by atoms with Crippen LogP contribution in [-0.2, 0) is 20.5 Å². The molecule has 4 nitrogen and oxygen atoms in total. The van der Waals surface area contributed by atoms with Crippen molar-refractivity contribution < 1.29 is 35.2 Å². The van der Waals surface area contributed by atoms with Crippen LogP contribution in [0, 0.1) is 6.07 Å². The Morgan fingerprint density at radius 2 is 1.36 bits per heavy atom. The van der Waals surface area contributed by atoms with Gasteiger partial charge in [-0.05, 0) is 0 Å². The molecule has 0 aliphatic carbocycles. The first-order chi connectivity index (χ1) is 6.41. The normalized spacial score (nSPS) is 9.21. The summed E-state index contributed by atoms with van der Waals surface area (Å²) in [5, 5.41) is 0. The third-order valence-electron chi connectivity index (χ3n) is 0.607. The zero-order valence-electron chi connectivity index (χ0n) is 6.54. The van der Waals surface area contributed by atoms with E-state index in [1.54, 1.807) is 0 Å². The van der Waals surface area contributed by atoms with Crippen molar-refractivity contribution in [2.24, 2.45) is 0 Å². The van der Waals surface area contributed by atoms with Crippen molar-refractivity contribution in [3.05, 3.63) is 36.4 Å². The van der Waals surface area contributed by atoms with E-state index < -0.39 is 7.82 Å². The monoisotopic (exact) mass is 348 g/mol. The van der Waals surface area contributed by atoms with Crippen molar-refractivity contribution in [3.63, 3.8) is 0 Å². The van der Waals surface area contributed by atoms with Crippen LogP contribution in [0.3, 0.4) is 0 Å². The maximum atomic E-state index is 8.55. The molecule has 0 aromatic heterocycles. The summed E-state index contributed by atoms with van der Waals surface area (Å²) in [4.78, 5) is 25.6. The minimum Gasteiger partial charge on any atom is -0.184 e. The Labute approximate surface area is 98.2 Å². The molecule has 1 aromatic rings. The Hall–Kier alpha value is 0.572. The van der Waals surface area contributed by atoms with Crippen molar-refractivity contribution in [2.75, 3.05) is 0 Å². The van der Waals surface area contributed by atoms with E-state index in [9.17, 15) is 0 Å². The van der Waals surface area contributed by atoms with E-state index in [2.05, 4.69) is 6.07 Å². The summed E-state index contributed by atoms with van der Waals surface area (Å²) in [6, 6.07) is 12.5. The second-order valence-electron chi connectivity index (χ2n) is 1.57. The number of hydrogen-bond donors (Lipinski definition) is 0. The molecule has 0 amide bonds. The third kappa shape index (κ3) is 39.0. The molecule has 1 aromatic carbocycles. The Bertz CT molecular complexity index is 208. The fraction of sp³-hybridized carbons (Fsp3) is 0. The van der Waals surface area contributed by atoms with E-state index in [4.69, 9.17) is 38.3 Å². The van der Waals surface area contributed by atoms with Gasteiger partial charge in [0.2, 0.25) is 0 Å². The predicted octanol–water partition coefficient (Wildman–Crippen LogP) is 0.0387. The van der Waals surface area contributed by atoms with Crippen LogP contribution < -0.4 is 14.7 Å². The molecule has 0 aliphatic heterocycles. The van der Waals surface area contributed by atoms with Crippen LogP contribution in [0.5, 0.6) is 0 Å². The second kappa shape index (κ2) is 11.6. The molecule has 0 spiro atoms. The first-order valence-corrected chi connectivity index (χ1v) is 8.34. The molecule has 14 heavy (non-hydrogen) atoms. The number of benzene rings is 1. The van der Waals surface area contributed by atoms with Gasteiger partial charge in [0, 0.05) is 0 Å². The predicted molar refractivity (Wildman–Crippen MR) is 44.6 cm³/mol. The zero-order chi connectivity index (χ0) is 11.4. The van der Waals surface area contributed by atoms with E-state index in [-0.39, 0.29) is 15.9 Å². The summed E-state index contributed by atoms with van der Waals surface area (Å²) in [6.45, 7) is 0. The minimum absolute atomic E-state index is 0.106. The van der Waals surface area contributed by atoms with Crippen molar-refractivity contribution >= 4 is 26.9 Å². The summed E-state index contributed by atoms with van der Waals surface area (Å²) in [5.41, 5.74) is 0. The van der Waals surface area contributed by atoms with Crippen LogP contribution >= 0.6 is 26.9 Å². The molecule has 0 aliphatic rings. The summed E-state index contributed by atoms with van der Waals surface area (Å²) in [5.74, 6) is 0. The molecular weight excluding hydrogens is 344 g/mol. The van der Waals surface area contributed by atoms with Gasteiger partial charge in [0.1, 0.15) is 0 Å². The van der Waals surface area contributed by atoms with Crippen LogP contribution in [-0.4, -0.2) is 0 Å². The molecule has 0 bridgehead atoms. The van der Waals surface area contributed by atoms with Gasteiger partial charge in [-0.2, -0.15) is 44.2 Å². The number of rotatable bonds is 0. The molecule has 0 fully saturated rings. The van der Waals surface area contributed by atoms with Crippen molar-refractivity contribution in [1.82, 2.24) is 0 Å². The van der Waals surface area contributed by atoms with Crippen LogP contribution in [0.15, 0.2) is 30.3 Å². The molecule has 86 valence electrons. The number of halogens is 2. The van der Waals surface area contributed by atoms with E-state index in [1.807, 2.05) is 30.3 Å². The van der Waals surface area contributed by atoms with Crippen molar-refractivity contribution in [2.45, 2.75) is 0 Å². The van der Waals surface area contributed by atoms with E-state index in [1.165, 1.54) is 0 Å². The van der Waals surface area contributed by atoms with Gasteiger partial charge in [-0.1, -0.05) is 0 Å². The molecule has 8 heteroatoms. The molecular formula is C6H5Cl2O4PPd-4. The maximum absolute atomic E-state index is 8.55. The van der Waals surface area contributed by atoms with Gasteiger partial charge in [-0.3, -0.25) is 0 Å². The minimum atomic E-state index is -5.39. The Morgan fingerprint density at radius 3 is 1.43 bits per heavy atom. The fourth-order valence-electron chi connectivity index (χ4n) is 0.342. The van der Waals surface area contributed by atoms with E-state index in [0.717, 1.165) is 0 Å². The average Bonchev–Trinajstić information content (AvgIpc) is 2.06. The second-order valence-corrected chi connectivity index (χ2v) is 4.82. The molecule has 0 unspecified atom stereocenters. The van der Waals surface area contributed by atoms with Crippen LogP contribution in [0.4, 0.5) is 0 Å². The molecule has 0 N–H and O–H groups in total. The van der Waals surface area contributed by atoms with E-state index >= 15 is 0 Å². The van der Waals surface area contributed by atoms with Gasteiger partial charge < -0.3 is 19.2 Å². The topological polar surface area (TPSA) is 86.2 Å². The SMILES string of the molecule is O=P([O-])([O-])[O-].[Cl][Pd][Cl].[c-]1ccccc1. The molecule has 0 radical (unpaired) electrons. The first-order valence-electron chi connectivity index (χ1n) is 2.88. The van der Waals surface area contributed by atoms with Gasteiger partial charge in [0.05, 0.1) is 0 Å². The molecule has 0 saturated carbocycles. The van der Waals surface area contributed by atoms with Crippen LogP contribution in [0.1, 0.15) is 0 Å². The zero-order valence-corrected chi connectivity index (χ0v) is 10.5. The number of hydrogen-bond acceptors (Lipinski definition) is 4. The average molecular weight is 349 g/mol. The quantitative estimate of drug-likeness (QED) is 0.376. The Kier molecular flexibility index (Phi) is 14.1. The van der Waals surface area contributed by atoms with Gasteiger partial charge >= 0.3 is 35.0 Å². The summed E-state index contributed by atoms with van der Waals surface area (Å²) in [7, 11) is 4.24. The molecule has 0 atom stereocenters. The largest absolute Gasteiger partial charge is 0.184 e. The summed E-state index contributed by atoms with van der Waals surface area (Å²) < 4.78 is 8.55. The summed E-state index contributed by atoms with van der Waals surface area (Å²) >= 11 is -0.106. The van der Waals surface area contributed by atoms with Gasteiger partial charge in [0.15, 0.2) is 0 Å². The van der Waals surface area contributed by atoms with Crippen molar-refractivity contribution in [3.8, 4) is 0 Å². The van der Waals surface area contributed by atoms with Crippen LogP contribution in [0.25, 0.3) is 0 Å². The number of phosphoric acid groups is 1. The van der Waals surface area contributed by atoms with Gasteiger partial charge in [-0.15, -0.1) is 0 Å². The van der Waals surface area contributed by atoms with E-state index in [0.29, 0.717) is 0 Å². The molecule has 0 saturated heterocycles.